The fourth-order valence-electron chi connectivity index (χ4n) is 1.24. The summed E-state index contributed by atoms with van der Waals surface area (Å²) in [6.07, 6.45) is 1.39. The van der Waals surface area contributed by atoms with Crippen LogP contribution in [0.25, 0.3) is 0 Å². The molecule has 4 unspecified atom stereocenters. The van der Waals surface area contributed by atoms with Crippen LogP contribution in [-0.2, 0) is 0 Å². The van der Waals surface area contributed by atoms with Crippen molar-refractivity contribution in [1.29, 1.82) is 0 Å². The van der Waals surface area contributed by atoms with Crippen LogP contribution in [0.1, 0.15) is 25.7 Å². The van der Waals surface area contributed by atoms with Gasteiger partial charge in [0.25, 0.3) is 0 Å². The smallest absolute Gasteiger partial charge is 0.206 e. The molecule has 0 amide bonds. The summed E-state index contributed by atoms with van der Waals surface area (Å²) >= 11 is 89.5. The highest BCUT2D eigenvalue weighted by Gasteiger charge is 2.36. The van der Waals surface area contributed by atoms with Crippen molar-refractivity contribution in [1.82, 2.24) is 0 Å². The first kappa shape index (κ1) is 38.1. The van der Waals surface area contributed by atoms with Crippen molar-refractivity contribution in [3.8, 4) is 0 Å². The first-order valence-electron chi connectivity index (χ1n) is 6.93. The van der Waals surface area contributed by atoms with E-state index in [1.807, 2.05) is 0 Å². The number of rotatable bonds is 6. The van der Waals surface area contributed by atoms with E-state index < -0.39 is 36.7 Å². The molecule has 0 aliphatic heterocycles. The van der Waals surface area contributed by atoms with E-state index in [0.717, 1.165) is 0 Å². The third kappa shape index (κ3) is 20.5. The van der Waals surface area contributed by atoms with E-state index in [0.29, 0.717) is 25.7 Å². The van der Waals surface area contributed by atoms with Crippen molar-refractivity contribution in [3.63, 3.8) is 0 Å². The topological polar surface area (TPSA) is 31.5 Å². The molecule has 0 aliphatic rings. The van der Waals surface area contributed by atoms with Gasteiger partial charge in [-0.25, -0.2) is 0 Å². The average Bonchev–Trinajstić information content (AvgIpc) is 2.45. The maximum absolute atomic E-state index is 5.77. The summed E-state index contributed by atoms with van der Waals surface area (Å²) in [7, 11) is 0. The monoisotopic (exact) mass is 734 g/mol. The third-order valence-electron chi connectivity index (χ3n) is 2.77. The van der Waals surface area contributed by atoms with Gasteiger partial charge in [-0.3, -0.25) is 0 Å². The van der Waals surface area contributed by atoms with E-state index in [2.05, 4.69) is 0 Å². The molecule has 0 saturated carbocycles. The van der Waals surface area contributed by atoms with Crippen molar-refractivity contribution >= 4 is 186 Å². The Hall–Kier alpha value is 4.60. The molecular weight excluding hydrogens is 727 g/mol. The molecule has 29 heavy (non-hydrogen) atoms. The Balaban J connectivity index is -0.000000451. The van der Waals surface area contributed by atoms with E-state index in [4.69, 9.17) is 186 Å². The van der Waals surface area contributed by atoms with Gasteiger partial charge in [-0.1, -0.05) is 139 Å². The lowest BCUT2D eigenvalue weighted by Gasteiger charge is -2.22. The highest BCUT2D eigenvalue weighted by Crippen LogP contribution is 2.41. The first-order valence-corrected chi connectivity index (χ1v) is 13.2. The standard InChI is InChI=1S/2C6H6Cl8.H2O/c2*7-3(5(9,10)11)1-2-4(8)6(12,13)14;/h2*3-4H,1-2H2;1H2. The highest BCUT2D eigenvalue weighted by molar-refractivity contribution is 6.72. The largest absolute Gasteiger partial charge is 0.412 e. The lowest BCUT2D eigenvalue weighted by molar-refractivity contribution is 0.669. The molecular formula is C12H14Cl16O. The first-order chi connectivity index (χ1) is 12.1. The fourth-order valence-corrected chi connectivity index (χ4v) is 3.05. The van der Waals surface area contributed by atoms with Gasteiger partial charge in [-0.05, 0) is 25.7 Å². The Kier molecular flexibility index (Phi) is 21.5. The summed E-state index contributed by atoms with van der Waals surface area (Å²) in [6.45, 7) is 0. The molecule has 2 N–H and O–H groups in total. The van der Waals surface area contributed by atoms with E-state index in [1.54, 1.807) is 0 Å². The van der Waals surface area contributed by atoms with Crippen LogP contribution >= 0.6 is 186 Å². The number of halogens is 16. The van der Waals surface area contributed by atoms with E-state index in [1.165, 1.54) is 0 Å². The van der Waals surface area contributed by atoms with Crippen LogP contribution in [0, 0.1) is 0 Å². The van der Waals surface area contributed by atoms with Gasteiger partial charge in [-0.15, -0.1) is 46.4 Å². The Morgan fingerprint density at radius 1 is 0.345 bits per heavy atom. The second kappa shape index (κ2) is 16.4. The lowest BCUT2D eigenvalue weighted by Crippen LogP contribution is -2.24. The summed E-state index contributed by atoms with van der Waals surface area (Å²) < 4.78 is -6.14. The number of alkyl halides is 16. The van der Waals surface area contributed by atoms with E-state index in [-0.39, 0.29) is 5.48 Å². The molecule has 1 nitrogen and oxygen atoms in total. The Labute approximate surface area is 250 Å². The van der Waals surface area contributed by atoms with Crippen molar-refractivity contribution in [2.24, 2.45) is 0 Å². The zero-order valence-electron chi connectivity index (χ0n) is 13.7. The van der Waals surface area contributed by atoms with Gasteiger partial charge in [-0.2, -0.15) is 0 Å². The normalized spacial score (nSPS) is 17.4. The van der Waals surface area contributed by atoms with E-state index >= 15 is 0 Å². The minimum Gasteiger partial charge on any atom is -0.412 e. The predicted octanol–water partition coefficient (Wildman–Crippen LogP) is 10.6. The molecule has 0 saturated heterocycles. The molecule has 17 heteroatoms. The summed E-state index contributed by atoms with van der Waals surface area (Å²) in [4.78, 5) is 0. The average molecular weight is 741 g/mol. The van der Waals surface area contributed by atoms with Crippen LogP contribution in [-0.4, -0.2) is 42.2 Å². The summed E-state index contributed by atoms with van der Waals surface area (Å²) in [6, 6.07) is 0. The zero-order chi connectivity index (χ0) is 23.1. The van der Waals surface area contributed by atoms with Gasteiger partial charge in [0, 0.05) is 0 Å². The second-order valence-corrected chi connectivity index (χ2v) is 16.8. The maximum atomic E-state index is 5.77. The van der Waals surface area contributed by atoms with Gasteiger partial charge < -0.3 is 5.48 Å². The van der Waals surface area contributed by atoms with Gasteiger partial charge in [0.2, 0.25) is 15.2 Å². The molecule has 0 heterocycles. The van der Waals surface area contributed by atoms with Crippen molar-refractivity contribution in [2.75, 3.05) is 0 Å². The number of hydrogen-bond acceptors (Lipinski definition) is 0. The molecule has 0 aromatic carbocycles. The molecule has 180 valence electrons. The van der Waals surface area contributed by atoms with Crippen molar-refractivity contribution in [2.45, 2.75) is 62.4 Å². The van der Waals surface area contributed by atoms with E-state index in [9.17, 15) is 0 Å². The minimum absolute atomic E-state index is 0. The van der Waals surface area contributed by atoms with Crippen LogP contribution in [0.5, 0.6) is 0 Å². The molecule has 0 bridgehead atoms. The van der Waals surface area contributed by atoms with Crippen LogP contribution in [0.3, 0.4) is 0 Å². The molecule has 0 rings (SSSR count). The van der Waals surface area contributed by atoms with Crippen LogP contribution < -0.4 is 0 Å². The number of hydrogen-bond donors (Lipinski definition) is 0. The Morgan fingerprint density at radius 3 is 0.517 bits per heavy atom. The van der Waals surface area contributed by atoms with Gasteiger partial charge >= 0.3 is 0 Å². The SMILES string of the molecule is ClC(CCC(Cl)C(Cl)(Cl)Cl)C(Cl)(Cl)Cl.ClC(CCC(Cl)C(Cl)(Cl)Cl)C(Cl)(Cl)Cl.O. The Bertz CT molecular complexity index is 342. The summed E-state index contributed by atoms with van der Waals surface area (Å²) in [5.74, 6) is 0. The molecule has 0 fully saturated rings. The highest BCUT2D eigenvalue weighted by atomic mass is 35.6. The molecule has 0 aromatic heterocycles. The van der Waals surface area contributed by atoms with Crippen molar-refractivity contribution < 1.29 is 5.48 Å². The second-order valence-electron chi connectivity index (χ2n) is 5.19. The fraction of sp³-hybridized carbons (Fsp3) is 1.00. The predicted molar refractivity (Wildman–Crippen MR) is 142 cm³/mol. The molecule has 0 radical (unpaired) electrons. The van der Waals surface area contributed by atoms with Gasteiger partial charge in [0.05, 0.1) is 21.5 Å². The molecule has 0 spiro atoms. The van der Waals surface area contributed by atoms with Crippen LogP contribution in [0.2, 0.25) is 0 Å². The van der Waals surface area contributed by atoms with Crippen LogP contribution in [0.4, 0.5) is 0 Å². The quantitative estimate of drug-likeness (QED) is 0.243. The third-order valence-corrected chi connectivity index (χ3v) is 9.45. The zero-order valence-corrected chi connectivity index (χ0v) is 25.8. The molecule has 0 aromatic rings. The lowest BCUT2D eigenvalue weighted by atomic mass is 10.2. The van der Waals surface area contributed by atoms with Crippen molar-refractivity contribution in [3.05, 3.63) is 0 Å². The van der Waals surface area contributed by atoms with Gasteiger partial charge in [0.15, 0.2) is 0 Å². The van der Waals surface area contributed by atoms with Crippen LogP contribution in [0.15, 0.2) is 0 Å². The molecule has 0 aliphatic carbocycles. The summed E-state index contributed by atoms with van der Waals surface area (Å²) in [5.41, 5.74) is 0. The molecule has 4 atom stereocenters. The maximum Gasteiger partial charge on any atom is 0.206 e. The Morgan fingerprint density at radius 2 is 0.448 bits per heavy atom. The van der Waals surface area contributed by atoms with Gasteiger partial charge in [0.1, 0.15) is 0 Å². The summed E-state index contributed by atoms with van der Waals surface area (Å²) in [5, 5.41) is -2.66. The minimum atomic E-state index is -1.54.